The maximum absolute atomic E-state index is 5.39. The van der Waals surface area contributed by atoms with Crippen LogP contribution in [0.25, 0.3) is 10.8 Å². The lowest BCUT2D eigenvalue weighted by atomic mass is 10.1. The number of allylic oxidation sites excluding steroid dienone is 1. The normalized spacial score (nSPS) is 10.3. The number of benzene rings is 1. The monoisotopic (exact) mass is 173 g/mol. The van der Waals surface area contributed by atoms with Crippen LogP contribution < -0.4 is 0 Å². The van der Waals surface area contributed by atoms with Crippen LogP contribution in [-0.2, 0) is 6.42 Å². The first-order valence-electron chi connectivity index (χ1n) is 3.90. The second-order valence-corrected chi connectivity index (χ2v) is 3.65. The molecule has 0 saturated heterocycles. The van der Waals surface area contributed by atoms with Gasteiger partial charge in [-0.15, -0.1) is 11.3 Å². The largest absolute Gasteiger partial charge is 0.147 e. The maximum atomic E-state index is 5.39. The Kier molecular flexibility index (Phi) is 1.96. The predicted molar refractivity (Wildman–Crippen MR) is 54.4 cm³/mol. The molecular formula is C11H9S. The van der Waals surface area contributed by atoms with E-state index in [9.17, 15) is 0 Å². The average Bonchev–Trinajstić information content (AvgIpc) is 2.50. The van der Waals surface area contributed by atoms with Crippen LogP contribution in [0, 0.1) is 6.58 Å². The van der Waals surface area contributed by atoms with Crippen molar-refractivity contribution < 1.29 is 0 Å². The Labute approximate surface area is 76.2 Å². The van der Waals surface area contributed by atoms with Crippen molar-refractivity contribution in [1.29, 1.82) is 0 Å². The molecule has 0 spiro atoms. The second kappa shape index (κ2) is 3.11. The average molecular weight is 173 g/mol. The molecule has 0 unspecified atom stereocenters. The fourth-order valence-corrected chi connectivity index (χ4v) is 2.30. The third kappa shape index (κ3) is 1.16. The van der Waals surface area contributed by atoms with Crippen LogP contribution in [0.1, 0.15) is 4.88 Å². The molecule has 0 fully saturated rings. The van der Waals surface area contributed by atoms with Crippen LogP contribution in [-0.4, -0.2) is 0 Å². The summed E-state index contributed by atoms with van der Waals surface area (Å²) < 4.78 is 0. The highest BCUT2D eigenvalue weighted by Crippen LogP contribution is 2.25. The Morgan fingerprint density at radius 2 is 2.17 bits per heavy atom. The highest BCUT2D eigenvalue weighted by Gasteiger charge is 1.99. The first-order chi connectivity index (χ1) is 5.92. The van der Waals surface area contributed by atoms with Crippen LogP contribution in [0.15, 0.2) is 35.7 Å². The third-order valence-corrected chi connectivity index (χ3v) is 2.94. The fraction of sp³-hybridized carbons (Fsp3) is 0.0909. The topological polar surface area (TPSA) is 0 Å². The molecule has 0 bridgehead atoms. The molecule has 1 heterocycles. The molecule has 1 heteroatoms. The van der Waals surface area contributed by atoms with Crippen molar-refractivity contribution in [2.24, 2.45) is 0 Å². The predicted octanol–water partition coefficient (Wildman–Crippen LogP) is 3.43. The van der Waals surface area contributed by atoms with E-state index in [0.717, 1.165) is 6.42 Å². The lowest BCUT2D eigenvalue weighted by Gasteiger charge is -1.91. The Hall–Kier alpha value is -1.08. The van der Waals surface area contributed by atoms with E-state index in [1.807, 2.05) is 0 Å². The van der Waals surface area contributed by atoms with Crippen LogP contribution >= 0.6 is 11.3 Å². The molecular weight excluding hydrogens is 164 g/mol. The zero-order valence-corrected chi connectivity index (χ0v) is 7.47. The summed E-state index contributed by atoms with van der Waals surface area (Å²) in [6, 6.07) is 8.40. The van der Waals surface area contributed by atoms with E-state index >= 15 is 0 Å². The molecule has 0 aliphatic heterocycles. The molecule has 0 nitrogen and oxygen atoms in total. The van der Waals surface area contributed by atoms with E-state index in [1.54, 1.807) is 17.4 Å². The SMILES string of the molecule is [CH]=CCc1scc2ccccc12. The molecule has 0 N–H and O–H groups in total. The zero-order valence-electron chi connectivity index (χ0n) is 6.66. The van der Waals surface area contributed by atoms with Crippen LogP contribution in [0.5, 0.6) is 0 Å². The summed E-state index contributed by atoms with van der Waals surface area (Å²) in [6.45, 7) is 5.39. The smallest absolute Gasteiger partial charge is 0.0162 e. The summed E-state index contributed by atoms with van der Waals surface area (Å²) in [5.41, 5.74) is 0. The summed E-state index contributed by atoms with van der Waals surface area (Å²) in [5, 5.41) is 4.83. The molecule has 0 aliphatic carbocycles. The Morgan fingerprint density at radius 3 is 3.00 bits per heavy atom. The van der Waals surface area contributed by atoms with Gasteiger partial charge in [0.1, 0.15) is 0 Å². The summed E-state index contributed by atoms with van der Waals surface area (Å²) in [7, 11) is 0. The Balaban J connectivity index is 2.62. The lowest BCUT2D eigenvalue weighted by molar-refractivity contribution is 1.37. The molecule has 1 radical (unpaired) electrons. The highest BCUT2D eigenvalue weighted by atomic mass is 32.1. The van der Waals surface area contributed by atoms with Gasteiger partial charge < -0.3 is 0 Å². The van der Waals surface area contributed by atoms with E-state index in [0.29, 0.717) is 0 Å². The summed E-state index contributed by atoms with van der Waals surface area (Å²) >= 11 is 1.78. The third-order valence-electron chi connectivity index (χ3n) is 1.89. The van der Waals surface area contributed by atoms with Gasteiger partial charge in [-0.25, -0.2) is 0 Å². The molecule has 1 aromatic heterocycles. The maximum Gasteiger partial charge on any atom is 0.0162 e. The van der Waals surface area contributed by atoms with Crippen LogP contribution in [0.4, 0.5) is 0 Å². The van der Waals surface area contributed by atoms with E-state index in [1.165, 1.54) is 15.6 Å². The van der Waals surface area contributed by atoms with Crippen molar-refractivity contribution in [2.45, 2.75) is 6.42 Å². The van der Waals surface area contributed by atoms with Crippen molar-refractivity contribution in [1.82, 2.24) is 0 Å². The number of hydrogen-bond donors (Lipinski definition) is 0. The molecule has 12 heavy (non-hydrogen) atoms. The van der Waals surface area contributed by atoms with Gasteiger partial charge in [0.25, 0.3) is 0 Å². The molecule has 0 amide bonds. The van der Waals surface area contributed by atoms with Gasteiger partial charge in [-0.1, -0.05) is 36.9 Å². The molecule has 0 saturated carbocycles. The molecule has 2 aromatic rings. The summed E-state index contributed by atoms with van der Waals surface area (Å²) in [6.07, 6.45) is 2.58. The number of rotatable bonds is 2. The molecule has 0 atom stereocenters. The number of thiophene rings is 1. The summed E-state index contributed by atoms with van der Waals surface area (Å²) in [4.78, 5) is 1.35. The van der Waals surface area contributed by atoms with Crippen molar-refractivity contribution in [3.63, 3.8) is 0 Å². The van der Waals surface area contributed by atoms with Crippen molar-refractivity contribution in [2.75, 3.05) is 0 Å². The Morgan fingerprint density at radius 1 is 1.33 bits per heavy atom. The molecule has 1 aromatic carbocycles. The summed E-state index contributed by atoms with van der Waals surface area (Å²) in [5.74, 6) is 0. The van der Waals surface area contributed by atoms with Gasteiger partial charge in [-0.2, -0.15) is 0 Å². The Bertz CT molecular complexity index is 398. The molecule has 59 valence electrons. The van der Waals surface area contributed by atoms with Crippen LogP contribution in [0.3, 0.4) is 0 Å². The molecule has 2 rings (SSSR count). The zero-order chi connectivity index (χ0) is 8.39. The minimum absolute atomic E-state index is 0.873. The lowest BCUT2D eigenvalue weighted by Crippen LogP contribution is -1.73. The van der Waals surface area contributed by atoms with E-state index in [2.05, 4.69) is 29.6 Å². The van der Waals surface area contributed by atoms with Gasteiger partial charge in [0.2, 0.25) is 0 Å². The van der Waals surface area contributed by atoms with Gasteiger partial charge in [-0.3, -0.25) is 0 Å². The van der Waals surface area contributed by atoms with E-state index in [4.69, 9.17) is 6.58 Å². The minimum Gasteiger partial charge on any atom is -0.147 e. The first kappa shape index (κ1) is 7.56. The van der Waals surface area contributed by atoms with E-state index in [-0.39, 0.29) is 0 Å². The standard InChI is InChI=1S/C11H9S/c1-2-5-11-10-7-4-3-6-9(10)8-12-11/h1-4,6-8H,5H2. The van der Waals surface area contributed by atoms with Crippen molar-refractivity contribution in [3.05, 3.63) is 47.2 Å². The van der Waals surface area contributed by atoms with Crippen LogP contribution in [0.2, 0.25) is 0 Å². The van der Waals surface area contributed by atoms with Gasteiger partial charge >= 0.3 is 0 Å². The van der Waals surface area contributed by atoms with Crippen molar-refractivity contribution >= 4 is 22.1 Å². The minimum atomic E-state index is 0.873. The second-order valence-electron chi connectivity index (χ2n) is 2.69. The highest BCUT2D eigenvalue weighted by molar-refractivity contribution is 7.11. The quantitative estimate of drug-likeness (QED) is 0.652. The number of hydrogen-bond acceptors (Lipinski definition) is 1. The van der Waals surface area contributed by atoms with E-state index < -0.39 is 0 Å². The molecule has 0 aliphatic rings. The van der Waals surface area contributed by atoms with Gasteiger partial charge in [0.05, 0.1) is 0 Å². The van der Waals surface area contributed by atoms with Gasteiger partial charge in [0.15, 0.2) is 0 Å². The van der Waals surface area contributed by atoms with Gasteiger partial charge in [-0.05, 0) is 16.2 Å². The van der Waals surface area contributed by atoms with Crippen molar-refractivity contribution in [3.8, 4) is 0 Å². The number of fused-ring (bicyclic) bond motifs is 1. The fourth-order valence-electron chi connectivity index (χ4n) is 1.32. The van der Waals surface area contributed by atoms with Gasteiger partial charge in [0, 0.05) is 11.3 Å². The first-order valence-corrected chi connectivity index (χ1v) is 4.78.